The van der Waals surface area contributed by atoms with E-state index < -0.39 is 0 Å². The summed E-state index contributed by atoms with van der Waals surface area (Å²) in [4.78, 5) is 17.7. The summed E-state index contributed by atoms with van der Waals surface area (Å²) in [5.74, 6) is 0.0887. The molecule has 1 aliphatic heterocycles. The lowest BCUT2D eigenvalue weighted by Gasteiger charge is -2.34. The summed E-state index contributed by atoms with van der Waals surface area (Å²) in [6, 6.07) is 15.0. The number of thiophene rings is 2. The third-order valence-electron chi connectivity index (χ3n) is 4.84. The molecule has 2 aromatic heterocycles. The number of nitrogens with zero attached hydrogens (tertiary/aromatic N) is 1. The average molecular weight is 383 g/mol. The molecule has 4 rings (SSSR count). The maximum absolute atomic E-state index is 12.6. The van der Waals surface area contributed by atoms with Crippen molar-refractivity contribution in [3.8, 4) is 0 Å². The van der Waals surface area contributed by atoms with Gasteiger partial charge in [-0.3, -0.25) is 9.69 Å². The SMILES string of the molecule is Cc1ccc(CNC(=O)CN2CCc3sccc3C2c2cccs2)cc1. The molecule has 1 amide bonds. The van der Waals surface area contributed by atoms with E-state index >= 15 is 0 Å². The number of nitrogens with one attached hydrogen (secondary N) is 1. The third-order valence-corrected chi connectivity index (χ3v) is 6.76. The molecule has 0 spiro atoms. The molecule has 1 unspecified atom stereocenters. The van der Waals surface area contributed by atoms with Crippen molar-refractivity contribution in [3.05, 3.63) is 79.7 Å². The Hall–Kier alpha value is -1.95. The Morgan fingerprint density at radius 3 is 2.77 bits per heavy atom. The van der Waals surface area contributed by atoms with Gasteiger partial charge in [0.25, 0.3) is 0 Å². The first-order valence-corrected chi connectivity index (χ1v) is 10.6. The quantitative estimate of drug-likeness (QED) is 0.710. The first kappa shape index (κ1) is 17.5. The molecule has 3 nitrogen and oxygen atoms in total. The summed E-state index contributed by atoms with van der Waals surface area (Å²) in [7, 11) is 0. The first-order chi connectivity index (χ1) is 12.7. The van der Waals surface area contributed by atoms with Crippen LogP contribution in [0.4, 0.5) is 0 Å². The zero-order valence-corrected chi connectivity index (χ0v) is 16.4. The molecule has 0 radical (unpaired) electrons. The van der Waals surface area contributed by atoms with Crippen molar-refractivity contribution < 1.29 is 4.79 Å². The normalized spacial score (nSPS) is 17.0. The first-order valence-electron chi connectivity index (χ1n) is 8.86. The molecule has 1 N–H and O–H groups in total. The van der Waals surface area contributed by atoms with Crippen molar-refractivity contribution in [2.45, 2.75) is 25.9 Å². The molecule has 1 aromatic carbocycles. The van der Waals surface area contributed by atoms with Gasteiger partial charge in [-0.2, -0.15) is 0 Å². The second-order valence-electron chi connectivity index (χ2n) is 6.70. The minimum Gasteiger partial charge on any atom is -0.351 e. The number of aryl methyl sites for hydroxylation is 1. The molecule has 134 valence electrons. The van der Waals surface area contributed by atoms with Gasteiger partial charge in [-0.1, -0.05) is 35.9 Å². The smallest absolute Gasteiger partial charge is 0.234 e. The molecular weight excluding hydrogens is 360 g/mol. The zero-order chi connectivity index (χ0) is 17.9. The van der Waals surface area contributed by atoms with Crippen molar-refractivity contribution in [1.29, 1.82) is 0 Å². The minimum atomic E-state index is 0.0887. The van der Waals surface area contributed by atoms with E-state index in [0.29, 0.717) is 13.1 Å². The number of hydrogen-bond donors (Lipinski definition) is 1. The van der Waals surface area contributed by atoms with Gasteiger partial charge in [0.1, 0.15) is 0 Å². The van der Waals surface area contributed by atoms with E-state index in [-0.39, 0.29) is 11.9 Å². The van der Waals surface area contributed by atoms with E-state index in [1.54, 1.807) is 11.3 Å². The van der Waals surface area contributed by atoms with Crippen LogP contribution >= 0.6 is 22.7 Å². The second kappa shape index (κ2) is 7.74. The number of carbonyl (C=O) groups excluding carboxylic acids is 1. The number of rotatable bonds is 5. The molecule has 0 saturated carbocycles. The molecule has 1 atom stereocenters. The topological polar surface area (TPSA) is 32.3 Å². The van der Waals surface area contributed by atoms with Crippen molar-refractivity contribution in [1.82, 2.24) is 10.2 Å². The van der Waals surface area contributed by atoms with E-state index in [1.165, 1.54) is 20.9 Å². The van der Waals surface area contributed by atoms with Gasteiger partial charge >= 0.3 is 0 Å². The highest BCUT2D eigenvalue weighted by atomic mass is 32.1. The van der Waals surface area contributed by atoms with E-state index in [1.807, 2.05) is 11.3 Å². The molecule has 26 heavy (non-hydrogen) atoms. The van der Waals surface area contributed by atoms with Crippen LogP contribution in [0.15, 0.2) is 53.2 Å². The van der Waals surface area contributed by atoms with Crippen LogP contribution in [0.2, 0.25) is 0 Å². The Labute approximate surface area is 162 Å². The number of hydrogen-bond acceptors (Lipinski definition) is 4. The van der Waals surface area contributed by atoms with Crippen LogP contribution in [0.5, 0.6) is 0 Å². The molecule has 0 fully saturated rings. The summed E-state index contributed by atoms with van der Waals surface area (Å²) in [5, 5.41) is 7.36. The van der Waals surface area contributed by atoms with Crippen LogP contribution in [-0.4, -0.2) is 23.9 Å². The van der Waals surface area contributed by atoms with E-state index in [0.717, 1.165) is 18.5 Å². The van der Waals surface area contributed by atoms with Crippen LogP contribution in [0.25, 0.3) is 0 Å². The number of benzene rings is 1. The van der Waals surface area contributed by atoms with Gasteiger partial charge in [-0.15, -0.1) is 22.7 Å². The van der Waals surface area contributed by atoms with Gasteiger partial charge in [-0.25, -0.2) is 0 Å². The molecule has 0 bridgehead atoms. The highest BCUT2D eigenvalue weighted by molar-refractivity contribution is 7.10. The van der Waals surface area contributed by atoms with Crippen LogP contribution in [-0.2, 0) is 17.8 Å². The minimum absolute atomic E-state index is 0.0887. The average Bonchev–Trinajstić information content (AvgIpc) is 3.33. The maximum atomic E-state index is 12.6. The lowest BCUT2D eigenvalue weighted by atomic mass is 9.98. The summed E-state index contributed by atoms with van der Waals surface area (Å²) in [5.41, 5.74) is 3.74. The van der Waals surface area contributed by atoms with Crippen LogP contribution in [0, 0.1) is 6.92 Å². The van der Waals surface area contributed by atoms with Gasteiger partial charge in [-0.05, 0) is 47.4 Å². The Bertz CT molecular complexity index is 868. The zero-order valence-electron chi connectivity index (χ0n) is 14.8. The Balaban J connectivity index is 1.44. The molecule has 3 heterocycles. The molecule has 3 aromatic rings. The largest absolute Gasteiger partial charge is 0.351 e. The van der Waals surface area contributed by atoms with Crippen molar-refractivity contribution in [2.24, 2.45) is 0 Å². The van der Waals surface area contributed by atoms with Gasteiger partial charge in [0.15, 0.2) is 0 Å². The predicted octanol–water partition coefficient (Wildman–Crippen LogP) is 4.38. The fourth-order valence-electron chi connectivity index (χ4n) is 3.47. The van der Waals surface area contributed by atoms with Crippen LogP contribution < -0.4 is 5.32 Å². The van der Waals surface area contributed by atoms with Gasteiger partial charge in [0.05, 0.1) is 12.6 Å². The number of carbonyl (C=O) groups is 1. The summed E-state index contributed by atoms with van der Waals surface area (Å²) >= 11 is 3.60. The van der Waals surface area contributed by atoms with E-state index in [2.05, 4.69) is 70.4 Å². The second-order valence-corrected chi connectivity index (χ2v) is 8.68. The summed E-state index contributed by atoms with van der Waals surface area (Å²) in [6.45, 7) is 4.01. The Kier molecular flexibility index (Phi) is 5.20. The number of fused-ring (bicyclic) bond motifs is 1. The summed E-state index contributed by atoms with van der Waals surface area (Å²) in [6.07, 6.45) is 1.03. The lowest BCUT2D eigenvalue weighted by molar-refractivity contribution is -0.122. The van der Waals surface area contributed by atoms with Crippen molar-refractivity contribution in [2.75, 3.05) is 13.1 Å². The fraction of sp³-hybridized carbons (Fsp3) is 0.286. The molecule has 5 heteroatoms. The maximum Gasteiger partial charge on any atom is 0.234 e. The standard InChI is InChI=1S/C21H22N2OS2/c1-15-4-6-16(7-5-15)13-22-20(24)14-23-10-8-18-17(9-12-26-18)21(23)19-3-2-11-25-19/h2-7,9,11-12,21H,8,10,13-14H2,1H3,(H,22,24). The molecule has 1 aliphatic rings. The Morgan fingerprint density at radius 1 is 1.15 bits per heavy atom. The molecule has 0 saturated heterocycles. The highest BCUT2D eigenvalue weighted by Crippen LogP contribution is 2.39. The number of amides is 1. The predicted molar refractivity (Wildman–Crippen MR) is 109 cm³/mol. The summed E-state index contributed by atoms with van der Waals surface area (Å²) < 4.78 is 0. The van der Waals surface area contributed by atoms with Gasteiger partial charge < -0.3 is 5.32 Å². The van der Waals surface area contributed by atoms with Crippen molar-refractivity contribution >= 4 is 28.6 Å². The highest BCUT2D eigenvalue weighted by Gasteiger charge is 2.31. The van der Waals surface area contributed by atoms with E-state index in [9.17, 15) is 4.79 Å². The van der Waals surface area contributed by atoms with Crippen LogP contribution in [0.3, 0.4) is 0 Å². The van der Waals surface area contributed by atoms with E-state index in [4.69, 9.17) is 0 Å². The van der Waals surface area contributed by atoms with Crippen LogP contribution in [0.1, 0.15) is 32.5 Å². The molecular formula is C21H22N2OS2. The Morgan fingerprint density at radius 2 is 2.00 bits per heavy atom. The van der Waals surface area contributed by atoms with Crippen molar-refractivity contribution in [3.63, 3.8) is 0 Å². The van der Waals surface area contributed by atoms with Gasteiger partial charge in [0, 0.05) is 22.8 Å². The molecule has 0 aliphatic carbocycles. The lowest BCUT2D eigenvalue weighted by Crippen LogP contribution is -2.42. The third kappa shape index (κ3) is 3.75. The monoisotopic (exact) mass is 382 g/mol. The fourth-order valence-corrected chi connectivity index (χ4v) is 5.25. The van der Waals surface area contributed by atoms with Gasteiger partial charge in [0.2, 0.25) is 5.91 Å².